The smallest absolute Gasteiger partial charge is 0.336 e. The monoisotopic (exact) mass is 547 g/mol. The van der Waals surface area contributed by atoms with Gasteiger partial charge >= 0.3 is 5.97 Å². The van der Waals surface area contributed by atoms with Crippen LogP contribution in [0.4, 0.5) is 5.69 Å². The molecule has 2 N–H and O–H groups in total. The number of nitrogens with zero attached hydrogens (tertiary/aromatic N) is 1. The number of hydrogen-bond acceptors (Lipinski definition) is 6. The average molecular weight is 548 g/mol. The van der Waals surface area contributed by atoms with Crippen molar-refractivity contribution >= 4 is 35.8 Å². The number of anilines is 1. The molecule has 0 aliphatic carbocycles. The molecule has 0 fully saturated rings. The molecular formula is C33H29N3O5. The van der Waals surface area contributed by atoms with Gasteiger partial charge in [-0.05, 0) is 79.6 Å². The number of benzene rings is 4. The predicted molar refractivity (Wildman–Crippen MR) is 159 cm³/mol. The van der Waals surface area contributed by atoms with Crippen LogP contribution in [-0.2, 0) is 4.79 Å². The van der Waals surface area contributed by atoms with Crippen LogP contribution in [0.3, 0.4) is 0 Å². The van der Waals surface area contributed by atoms with Crippen LogP contribution in [0.1, 0.15) is 44.3 Å². The highest BCUT2D eigenvalue weighted by atomic mass is 16.6. The minimum absolute atomic E-state index is 0.264. The Balaban J connectivity index is 1.36. The van der Waals surface area contributed by atoms with Crippen LogP contribution in [-0.4, -0.2) is 30.6 Å². The van der Waals surface area contributed by atoms with Gasteiger partial charge in [-0.3, -0.25) is 9.59 Å². The maximum atomic E-state index is 12.7. The third-order valence-electron chi connectivity index (χ3n) is 5.77. The van der Waals surface area contributed by atoms with Crippen LogP contribution >= 0.6 is 0 Å². The summed E-state index contributed by atoms with van der Waals surface area (Å²) in [5.41, 5.74) is 6.36. The second-order valence-electron chi connectivity index (χ2n) is 8.90. The van der Waals surface area contributed by atoms with Gasteiger partial charge in [-0.1, -0.05) is 54.1 Å². The summed E-state index contributed by atoms with van der Waals surface area (Å²) in [5, 5.41) is 6.83. The molecule has 4 rings (SSSR count). The van der Waals surface area contributed by atoms with Crippen molar-refractivity contribution in [1.82, 2.24) is 5.43 Å². The largest absolute Gasteiger partial charge is 0.490 e. The van der Waals surface area contributed by atoms with E-state index in [0.29, 0.717) is 34.7 Å². The molecule has 4 aromatic rings. The number of nitrogens with one attached hydrogen (secondary N) is 2. The molecular weight excluding hydrogens is 518 g/mol. The Bertz CT molecular complexity index is 1580. The number of rotatable bonds is 10. The first-order valence-corrected chi connectivity index (χ1v) is 12.9. The summed E-state index contributed by atoms with van der Waals surface area (Å²) in [7, 11) is 0. The number of amides is 2. The van der Waals surface area contributed by atoms with E-state index < -0.39 is 11.9 Å². The third kappa shape index (κ3) is 8.49. The molecule has 0 radical (unpaired) electrons. The Morgan fingerprint density at radius 3 is 2.32 bits per heavy atom. The van der Waals surface area contributed by atoms with Crippen molar-refractivity contribution in [1.29, 1.82) is 0 Å². The second-order valence-corrected chi connectivity index (χ2v) is 8.90. The summed E-state index contributed by atoms with van der Waals surface area (Å²) < 4.78 is 11.1. The Hall–Kier alpha value is -5.50. The second kappa shape index (κ2) is 14.0. The first-order chi connectivity index (χ1) is 19.9. The highest BCUT2D eigenvalue weighted by Gasteiger charge is 2.11. The number of hydrazone groups is 1. The number of ether oxygens (including phenoxy) is 2. The van der Waals surface area contributed by atoms with E-state index in [9.17, 15) is 14.4 Å². The lowest BCUT2D eigenvalue weighted by Crippen LogP contribution is -2.18. The van der Waals surface area contributed by atoms with Crippen molar-refractivity contribution in [3.05, 3.63) is 131 Å². The van der Waals surface area contributed by atoms with E-state index in [2.05, 4.69) is 15.8 Å². The van der Waals surface area contributed by atoms with Crippen LogP contribution in [0.5, 0.6) is 11.5 Å². The van der Waals surface area contributed by atoms with Gasteiger partial charge in [0.25, 0.3) is 11.8 Å². The quantitative estimate of drug-likeness (QED) is 0.0829. The van der Waals surface area contributed by atoms with E-state index in [1.54, 1.807) is 60.7 Å². The molecule has 8 nitrogen and oxygen atoms in total. The Morgan fingerprint density at radius 1 is 0.780 bits per heavy atom. The average Bonchev–Trinajstić information content (AvgIpc) is 2.98. The minimum atomic E-state index is -0.541. The predicted octanol–water partition coefficient (Wildman–Crippen LogP) is 6.03. The number of carbonyl (C=O) groups is 3. The fraction of sp³-hybridized carbons (Fsp3) is 0.0909. The number of esters is 1. The first kappa shape index (κ1) is 28.5. The van der Waals surface area contributed by atoms with E-state index in [-0.39, 0.29) is 11.7 Å². The lowest BCUT2D eigenvalue weighted by atomic mass is 10.1. The van der Waals surface area contributed by atoms with Gasteiger partial charge < -0.3 is 14.8 Å². The van der Waals surface area contributed by atoms with Crippen molar-refractivity contribution in [3.63, 3.8) is 0 Å². The van der Waals surface area contributed by atoms with E-state index in [4.69, 9.17) is 9.47 Å². The van der Waals surface area contributed by atoms with Gasteiger partial charge in [0, 0.05) is 22.9 Å². The van der Waals surface area contributed by atoms with Crippen molar-refractivity contribution in [2.24, 2.45) is 5.10 Å². The standard InChI is InChI=1S/C33H29N3O5/c1-3-40-30-20-25(14-18-29(30)41-31(37)19-15-24-8-5-4-6-9-24)22-34-36-33(39)27-10-7-11-28(21-27)35-32(38)26-16-12-23(2)13-17-26/h4-22H,3H2,1-2H3,(H,35,38)(H,36,39)/b19-15+,34-22?. The highest BCUT2D eigenvalue weighted by molar-refractivity contribution is 6.05. The fourth-order valence-corrected chi connectivity index (χ4v) is 3.70. The van der Waals surface area contributed by atoms with Crippen molar-refractivity contribution in [2.75, 3.05) is 11.9 Å². The zero-order valence-corrected chi connectivity index (χ0v) is 22.7. The van der Waals surface area contributed by atoms with Gasteiger partial charge in [-0.15, -0.1) is 0 Å². The topological polar surface area (TPSA) is 106 Å². The molecule has 206 valence electrons. The van der Waals surface area contributed by atoms with Gasteiger partial charge in [0.05, 0.1) is 12.8 Å². The molecule has 8 heteroatoms. The summed E-state index contributed by atoms with van der Waals surface area (Å²) in [5.74, 6) is -0.636. The molecule has 0 aliphatic heterocycles. The summed E-state index contributed by atoms with van der Waals surface area (Å²) in [6.07, 6.45) is 4.46. The minimum Gasteiger partial charge on any atom is -0.490 e. The van der Waals surface area contributed by atoms with Crippen LogP contribution < -0.4 is 20.2 Å². The molecule has 0 saturated carbocycles. The Kier molecular flexibility index (Phi) is 9.77. The van der Waals surface area contributed by atoms with E-state index >= 15 is 0 Å². The Labute approximate surface area is 238 Å². The molecule has 0 atom stereocenters. The van der Waals surface area contributed by atoms with E-state index in [0.717, 1.165) is 11.1 Å². The number of aryl methyl sites for hydroxylation is 1. The maximum Gasteiger partial charge on any atom is 0.336 e. The molecule has 0 saturated heterocycles. The lowest BCUT2D eigenvalue weighted by molar-refractivity contribution is -0.129. The van der Waals surface area contributed by atoms with Crippen LogP contribution in [0.15, 0.2) is 108 Å². The lowest BCUT2D eigenvalue weighted by Gasteiger charge is -2.10. The molecule has 4 aromatic carbocycles. The maximum absolute atomic E-state index is 12.7. The summed E-state index contributed by atoms with van der Waals surface area (Å²) in [6.45, 7) is 4.13. The fourth-order valence-electron chi connectivity index (χ4n) is 3.70. The normalized spacial score (nSPS) is 10.9. The third-order valence-corrected chi connectivity index (χ3v) is 5.77. The summed E-state index contributed by atoms with van der Waals surface area (Å²) in [6, 6.07) is 28.1. The van der Waals surface area contributed by atoms with Gasteiger partial charge in [0.2, 0.25) is 0 Å². The van der Waals surface area contributed by atoms with Crippen LogP contribution in [0.2, 0.25) is 0 Å². The number of hydrogen-bond donors (Lipinski definition) is 2. The van der Waals surface area contributed by atoms with Crippen molar-refractivity contribution < 1.29 is 23.9 Å². The van der Waals surface area contributed by atoms with Crippen molar-refractivity contribution in [2.45, 2.75) is 13.8 Å². The Morgan fingerprint density at radius 2 is 1.56 bits per heavy atom. The van der Waals surface area contributed by atoms with Crippen LogP contribution in [0.25, 0.3) is 6.08 Å². The van der Waals surface area contributed by atoms with Gasteiger partial charge in [0.1, 0.15) is 0 Å². The zero-order chi connectivity index (χ0) is 29.0. The van der Waals surface area contributed by atoms with E-state index in [1.165, 1.54) is 12.3 Å². The molecule has 0 aromatic heterocycles. The molecule has 41 heavy (non-hydrogen) atoms. The van der Waals surface area contributed by atoms with E-state index in [1.807, 2.05) is 56.3 Å². The van der Waals surface area contributed by atoms with Gasteiger partial charge in [-0.2, -0.15) is 5.10 Å². The summed E-state index contributed by atoms with van der Waals surface area (Å²) in [4.78, 5) is 37.5. The van der Waals surface area contributed by atoms with Gasteiger partial charge in [0.15, 0.2) is 11.5 Å². The molecule has 0 unspecified atom stereocenters. The molecule has 0 bridgehead atoms. The molecule has 0 aliphatic rings. The van der Waals surface area contributed by atoms with Crippen molar-refractivity contribution in [3.8, 4) is 11.5 Å². The molecule has 0 spiro atoms. The SMILES string of the molecule is CCOc1cc(C=NNC(=O)c2cccc(NC(=O)c3ccc(C)cc3)c2)ccc1OC(=O)/C=C/c1ccccc1. The zero-order valence-electron chi connectivity index (χ0n) is 22.7. The van der Waals surface area contributed by atoms with Gasteiger partial charge in [-0.25, -0.2) is 10.2 Å². The molecule has 2 amide bonds. The first-order valence-electron chi connectivity index (χ1n) is 12.9. The van der Waals surface area contributed by atoms with Crippen LogP contribution in [0, 0.1) is 6.92 Å². The molecule has 0 heterocycles. The number of carbonyl (C=O) groups excluding carboxylic acids is 3. The summed E-state index contributed by atoms with van der Waals surface area (Å²) >= 11 is 0. The highest BCUT2D eigenvalue weighted by Crippen LogP contribution is 2.28.